The Bertz CT molecular complexity index is 540. The first-order chi connectivity index (χ1) is 7.97. The molecule has 0 radical (unpaired) electrons. The highest BCUT2D eigenvalue weighted by atomic mass is 32.2. The van der Waals surface area contributed by atoms with Crippen molar-refractivity contribution in [1.29, 1.82) is 0 Å². The average molecular weight is 248 g/mol. The lowest BCUT2D eigenvalue weighted by Crippen LogP contribution is -1.95. The van der Waals surface area contributed by atoms with Gasteiger partial charge in [-0.3, -0.25) is 4.68 Å². The van der Waals surface area contributed by atoms with Crippen LogP contribution in [0.2, 0.25) is 0 Å². The number of aryl methyl sites for hydroxylation is 4. The molecular formula is C12H16N4S. The number of nitrogen functional groups attached to an aromatic ring is 1. The van der Waals surface area contributed by atoms with E-state index in [2.05, 4.69) is 29.1 Å². The summed E-state index contributed by atoms with van der Waals surface area (Å²) in [7, 11) is 1.90. The van der Waals surface area contributed by atoms with Gasteiger partial charge in [-0.05, 0) is 50.2 Å². The molecule has 0 bridgehead atoms. The van der Waals surface area contributed by atoms with Crippen molar-refractivity contribution in [3.8, 4) is 0 Å². The summed E-state index contributed by atoms with van der Waals surface area (Å²) in [4.78, 5) is 4.49. The first-order valence-corrected chi connectivity index (χ1v) is 6.21. The van der Waals surface area contributed by atoms with Crippen molar-refractivity contribution in [3.63, 3.8) is 0 Å². The molecule has 2 rings (SSSR count). The molecule has 2 aromatic rings. The SMILES string of the molecule is Cc1cc(C)nc(Sc2c(N)c(C)nn2C)c1. The van der Waals surface area contributed by atoms with Gasteiger partial charge < -0.3 is 5.73 Å². The number of rotatable bonds is 2. The zero-order valence-corrected chi connectivity index (χ0v) is 11.3. The molecule has 0 fully saturated rings. The van der Waals surface area contributed by atoms with E-state index in [1.54, 1.807) is 16.4 Å². The maximum absolute atomic E-state index is 6.00. The third kappa shape index (κ3) is 2.44. The van der Waals surface area contributed by atoms with Crippen LogP contribution >= 0.6 is 11.8 Å². The van der Waals surface area contributed by atoms with E-state index in [-0.39, 0.29) is 0 Å². The van der Waals surface area contributed by atoms with Crippen LogP contribution in [-0.4, -0.2) is 14.8 Å². The summed E-state index contributed by atoms with van der Waals surface area (Å²) in [6.07, 6.45) is 0. The van der Waals surface area contributed by atoms with E-state index in [0.717, 1.165) is 27.1 Å². The molecule has 0 saturated carbocycles. The normalized spacial score (nSPS) is 10.8. The van der Waals surface area contributed by atoms with Crippen molar-refractivity contribution in [2.75, 3.05) is 5.73 Å². The minimum absolute atomic E-state index is 0.735. The Hall–Kier alpha value is -1.49. The van der Waals surface area contributed by atoms with Crippen LogP contribution in [0.15, 0.2) is 22.2 Å². The molecule has 0 aliphatic rings. The van der Waals surface area contributed by atoms with Gasteiger partial charge in [0.15, 0.2) is 0 Å². The number of aromatic nitrogens is 3. The molecular weight excluding hydrogens is 232 g/mol. The molecule has 2 heterocycles. The third-order valence-electron chi connectivity index (χ3n) is 2.49. The van der Waals surface area contributed by atoms with Crippen LogP contribution in [0.1, 0.15) is 17.0 Å². The summed E-state index contributed by atoms with van der Waals surface area (Å²) in [6, 6.07) is 4.11. The highest BCUT2D eigenvalue weighted by Gasteiger charge is 2.12. The molecule has 0 aliphatic heterocycles. The van der Waals surface area contributed by atoms with Crippen LogP contribution in [0.25, 0.3) is 0 Å². The summed E-state index contributed by atoms with van der Waals surface area (Å²) in [5.74, 6) is 0. The van der Waals surface area contributed by atoms with E-state index in [4.69, 9.17) is 5.73 Å². The Morgan fingerprint density at radius 1 is 1.24 bits per heavy atom. The topological polar surface area (TPSA) is 56.7 Å². The van der Waals surface area contributed by atoms with Crippen molar-refractivity contribution in [3.05, 3.63) is 29.1 Å². The van der Waals surface area contributed by atoms with Gasteiger partial charge in [-0.25, -0.2) is 4.98 Å². The van der Waals surface area contributed by atoms with Crippen LogP contribution in [0.4, 0.5) is 5.69 Å². The highest BCUT2D eigenvalue weighted by Crippen LogP contribution is 2.32. The second-order valence-corrected chi connectivity index (χ2v) is 5.16. The Labute approximate surface area is 105 Å². The maximum Gasteiger partial charge on any atom is 0.123 e. The second-order valence-electron chi connectivity index (χ2n) is 4.15. The van der Waals surface area contributed by atoms with Crippen LogP contribution < -0.4 is 5.73 Å². The quantitative estimate of drug-likeness (QED) is 0.887. The number of nitrogens with zero attached hydrogens (tertiary/aromatic N) is 3. The average Bonchev–Trinajstić information content (AvgIpc) is 2.44. The van der Waals surface area contributed by atoms with Crippen LogP contribution in [0.5, 0.6) is 0 Å². The van der Waals surface area contributed by atoms with E-state index in [9.17, 15) is 0 Å². The number of pyridine rings is 1. The lowest BCUT2D eigenvalue weighted by Gasteiger charge is -2.05. The zero-order valence-electron chi connectivity index (χ0n) is 10.5. The molecule has 4 nitrogen and oxygen atoms in total. The second kappa shape index (κ2) is 4.41. The Morgan fingerprint density at radius 3 is 2.47 bits per heavy atom. The summed E-state index contributed by atoms with van der Waals surface area (Å²) >= 11 is 1.55. The predicted molar refractivity (Wildman–Crippen MR) is 70.2 cm³/mol. The van der Waals surface area contributed by atoms with E-state index in [1.807, 2.05) is 20.9 Å². The van der Waals surface area contributed by atoms with E-state index in [0.29, 0.717) is 0 Å². The fourth-order valence-corrected chi connectivity index (χ4v) is 2.79. The summed E-state index contributed by atoms with van der Waals surface area (Å²) in [5, 5.41) is 6.19. The van der Waals surface area contributed by atoms with Gasteiger partial charge in [-0.1, -0.05) is 0 Å². The predicted octanol–water partition coefficient (Wildman–Crippen LogP) is 2.47. The van der Waals surface area contributed by atoms with Crippen LogP contribution in [0, 0.1) is 20.8 Å². The number of hydrogen-bond donors (Lipinski definition) is 1. The van der Waals surface area contributed by atoms with Crippen LogP contribution in [-0.2, 0) is 7.05 Å². The molecule has 0 saturated heterocycles. The maximum atomic E-state index is 6.00. The smallest absolute Gasteiger partial charge is 0.123 e. The standard InChI is InChI=1S/C12H16N4S/c1-7-5-8(2)14-10(6-7)17-12-11(13)9(3)15-16(12)4/h5-6H,13H2,1-4H3. The summed E-state index contributed by atoms with van der Waals surface area (Å²) in [5.41, 5.74) is 9.82. The number of hydrogen-bond acceptors (Lipinski definition) is 4. The van der Waals surface area contributed by atoms with Crippen molar-refractivity contribution in [1.82, 2.24) is 14.8 Å². The lowest BCUT2D eigenvalue weighted by molar-refractivity contribution is 0.692. The van der Waals surface area contributed by atoms with Gasteiger partial charge >= 0.3 is 0 Å². The zero-order chi connectivity index (χ0) is 12.6. The fourth-order valence-electron chi connectivity index (χ4n) is 1.73. The van der Waals surface area contributed by atoms with Gasteiger partial charge in [0.1, 0.15) is 10.1 Å². The highest BCUT2D eigenvalue weighted by molar-refractivity contribution is 7.99. The van der Waals surface area contributed by atoms with Gasteiger partial charge in [0.05, 0.1) is 11.4 Å². The van der Waals surface area contributed by atoms with E-state index < -0.39 is 0 Å². The van der Waals surface area contributed by atoms with Crippen molar-refractivity contribution < 1.29 is 0 Å². The molecule has 2 aromatic heterocycles. The van der Waals surface area contributed by atoms with Crippen molar-refractivity contribution in [2.24, 2.45) is 7.05 Å². The molecule has 0 spiro atoms. The number of nitrogens with two attached hydrogens (primary N) is 1. The van der Waals surface area contributed by atoms with Crippen molar-refractivity contribution >= 4 is 17.4 Å². The lowest BCUT2D eigenvalue weighted by atomic mass is 10.3. The summed E-state index contributed by atoms with van der Waals surface area (Å²) in [6.45, 7) is 5.97. The molecule has 5 heteroatoms. The molecule has 17 heavy (non-hydrogen) atoms. The monoisotopic (exact) mass is 248 g/mol. The van der Waals surface area contributed by atoms with Gasteiger partial charge in [0.25, 0.3) is 0 Å². The molecule has 0 atom stereocenters. The molecule has 90 valence electrons. The summed E-state index contributed by atoms with van der Waals surface area (Å²) < 4.78 is 1.80. The fraction of sp³-hybridized carbons (Fsp3) is 0.333. The number of anilines is 1. The van der Waals surface area contributed by atoms with Crippen LogP contribution in [0.3, 0.4) is 0 Å². The minimum Gasteiger partial charge on any atom is -0.395 e. The Morgan fingerprint density at radius 2 is 1.94 bits per heavy atom. The third-order valence-corrected chi connectivity index (χ3v) is 3.59. The van der Waals surface area contributed by atoms with Gasteiger partial charge in [0, 0.05) is 12.7 Å². The largest absolute Gasteiger partial charge is 0.395 e. The molecule has 0 unspecified atom stereocenters. The van der Waals surface area contributed by atoms with Gasteiger partial charge in [0.2, 0.25) is 0 Å². The Balaban J connectivity index is 2.37. The van der Waals surface area contributed by atoms with Crippen molar-refractivity contribution in [2.45, 2.75) is 30.8 Å². The Kier molecular flexibility index (Phi) is 3.11. The molecule has 0 aromatic carbocycles. The van der Waals surface area contributed by atoms with Gasteiger partial charge in [-0.2, -0.15) is 5.10 Å². The molecule has 2 N–H and O–H groups in total. The van der Waals surface area contributed by atoms with E-state index >= 15 is 0 Å². The molecule has 0 aliphatic carbocycles. The first kappa shape index (κ1) is 12.0. The first-order valence-electron chi connectivity index (χ1n) is 5.39. The molecule has 0 amide bonds. The minimum atomic E-state index is 0.735. The van der Waals surface area contributed by atoms with E-state index in [1.165, 1.54) is 5.56 Å². The van der Waals surface area contributed by atoms with Gasteiger partial charge in [-0.15, -0.1) is 0 Å².